The quantitative estimate of drug-likeness (QED) is 0.263. The first-order chi connectivity index (χ1) is 19.1. The van der Waals surface area contributed by atoms with Crippen molar-refractivity contribution in [1.82, 2.24) is 10.2 Å². The number of nitrogens with zero attached hydrogens (tertiary/aromatic N) is 2. The zero-order valence-electron chi connectivity index (χ0n) is 22.6. The lowest BCUT2D eigenvalue weighted by atomic mass is 10.1. The van der Waals surface area contributed by atoms with Crippen LogP contribution >= 0.6 is 15.9 Å². The van der Waals surface area contributed by atoms with Crippen LogP contribution in [0.15, 0.2) is 82.2 Å². The molecule has 3 aromatic rings. The molecule has 0 aromatic heterocycles. The molecule has 0 aliphatic rings. The third kappa shape index (κ3) is 8.04. The molecule has 1 atom stereocenters. The van der Waals surface area contributed by atoms with E-state index in [2.05, 4.69) is 21.2 Å². The molecule has 0 aliphatic carbocycles. The van der Waals surface area contributed by atoms with Gasteiger partial charge in [0.1, 0.15) is 24.2 Å². The molecule has 214 valence electrons. The Morgan fingerprint density at radius 2 is 1.62 bits per heavy atom. The van der Waals surface area contributed by atoms with Crippen molar-refractivity contribution in [2.75, 3.05) is 24.5 Å². The molecule has 0 spiro atoms. The van der Waals surface area contributed by atoms with Gasteiger partial charge in [0.05, 0.1) is 17.7 Å². The van der Waals surface area contributed by atoms with E-state index in [4.69, 9.17) is 4.74 Å². The Morgan fingerprint density at radius 3 is 2.20 bits per heavy atom. The maximum atomic E-state index is 13.9. The Labute approximate surface area is 243 Å². The van der Waals surface area contributed by atoms with Gasteiger partial charge in [-0.25, -0.2) is 12.8 Å². The number of amides is 2. The van der Waals surface area contributed by atoms with Gasteiger partial charge in [0.15, 0.2) is 0 Å². The van der Waals surface area contributed by atoms with E-state index >= 15 is 0 Å². The highest BCUT2D eigenvalue weighted by molar-refractivity contribution is 9.10. The molecule has 0 saturated carbocycles. The summed E-state index contributed by atoms with van der Waals surface area (Å²) >= 11 is 3.39. The van der Waals surface area contributed by atoms with Gasteiger partial charge in [-0.2, -0.15) is 0 Å². The molecule has 0 aliphatic heterocycles. The average Bonchev–Trinajstić information content (AvgIpc) is 2.95. The number of carbonyl (C=O) groups is 2. The minimum absolute atomic E-state index is 0.0739. The SMILES string of the molecule is CCCCNC(=O)C(C)N(Cc1ccc(Br)cc1)C(=O)CN(c1ccc(F)cc1)S(=O)(=O)c1ccc(OC)cc1. The standard InChI is InChI=1S/C29H33BrFN3O5S/c1-4-5-18-32-29(36)21(2)33(19-22-6-8-23(30)9-7-22)28(35)20-34(25-12-10-24(31)11-13-25)40(37,38)27-16-14-26(39-3)15-17-27/h6-17,21H,4-5,18-20H2,1-3H3,(H,32,36). The van der Waals surface area contributed by atoms with E-state index in [1.54, 1.807) is 6.92 Å². The molecule has 1 unspecified atom stereocenters. The van der Waals surface area contributed by atoms with Crippen LogP contribution < -0.4 is 14.4 Å². The molecule has 1 N–H and O–H groups in total. The number of carbonyl (C=O) groups excluding carboxylic acids is 2. The van der Waals surface area contributed by atoms with Crippen LogP contribution in [0.1, 0.15) is 32.3 Å². The number of benzene rings is 3. The summed E-state index contributed by atoms with van der Waals surface area (Å²) in [4.78, 5) is 28.1. The number of rotatable bonds is 13. The number of nitrogens with one attached hydrogen (secondary N) is 1. The Balaban J connectivity index is 1.99. The number of ether oxygens (including phenoxy) is 1. The summed E-state index contributed by atoms with van der Waals surface area (Å²) in [5.41, 5.74) is 0.866. The molecule has 0 heterocycles. The Bertz CT molecular complexity index is 1380. The molecule has 0 bridgehead atoms. The monoisotopic (exact) mass is 633 g/mol. The third-order valence-electron chi connectivity index (χ3n) is 6.30. The number of sulfonamides is 1. The van der Waals surface area contributed by atoms with E-state index in [9.17, 15) is 22.4 Å². The van der Waals surface area contributed by atoms with Gasteiger partial charge in [-0.3, -0.25) is 13.9 Å². The van der Waals surface area contributed by atoms with Crippen molar-refractivity contribution in [2.45, 2.75) is 44.2 Å². The highest BCUT2D eigenvalue weighted by Gasteiger charge is 2.32. The zero-order chi connectivity index (χ0) is 29.3. The molecule has 0 radical (unpaired) electrons. The van der Waals surface area contributed by atoms with Gasteiger partial charge in [-0.15, -0.1) is 0 Å². The van der Waals surface area contributed by atoms with Crippen molar-refractivity contribution in [3.05, 3.63) is 88.6 Å². The van der Waals surface area contributed by atoms with Crippen LogP contribution in [-0.4, -0.2) is 51.4 Å². The Morgan fingerprint density at radius 1 is 1.00 bits per heavy atom. The predicted molar refractivity (Wildman–Crippen MR) is 156 cm³/mol. The number of unbranched alkanes of at least 4 members (excludes halogenated alkanes) is 1. The third-order valence-corrected chi connectivity index (χ3v) is 8.62. The summed E-state index contributed by atoms with van der Waals surface area (Å²) < 4.78 is 48.2. The summed E-state index contributed by atoms with van der Waals surface area (Å²) in [5, 5.41) is 2.85. The van der Waals surface area contributed by atoms with E-state index in [0.29, 0.717) is 12.3 Å². The van der Waals surface area contributed by atoms with Crippen LogP contribution in [0.5, 0.6) is 5.75 Å². The van der Waals surface area contributed by atoms with Crippen molar-refractivity contribution >= 4 is 43.5 Å². The van der Waals surface area contributed by atoms with E-state index < -0.39 is 34.3 Å². The second-order valence-electron chi connectivity index (χ2n) is 9.13. The summed E-state index contributed by atoms with van der Waals surface area (Å²) in [5.74, 6) is -1.02. The lowest BCUT2D eigenvalue weighted by molar-refractivity contribution is -0.139. The zero-order valence-corrected chi connectivity index (χ0v) is 25.0. The fraction of sp³-hybridized carbons (Fsp3) is 0.310. The van der Waals surface area contributed by atoms with Crippen LogP contribution in [0, 0.1) is 5.82 Å². The highest BCUT2D eigenvalue weighted by atomic mass is 79.9. The molecular weight excluding hydrogens is 601 g/mol. The number of halogens is 2. The first-order valence-electron chi connectivity index (χ1n) is 12.8. The van der Waals surface area contributed by atoms with Crippen molar-refractivity contribution < 1.29 is 27.1 Å². The smallest absolute Gasteiger partial charge is 0.264 e. The summed E-state index contributed by atoms with van der Waals surface area (Å²) in [6.45, 7) is 3.55. The topological polar surface area (TPSA) is 96.0 Å². The normalized spacial score (nSPS) is 11.9. The lowest BCUT2D eigenvalue weighted by Crippen LogP contribution is -2.51. The molecule has 2 amide bonds. The van der Waals surface area contributed by atoms with Gasteiger partial charge in [-0.1, -0.05) is 41.4 Å². The summed E-state index contributed by atoms with van der Waals surface area (Å²) in [7, 11) is -2.80. The van der Waals surface area contributed by atoms with Crippen LogP contribution in [0.4, 0.5) is 10.1 Å². The van der Waals surface area contributed by atoms with Crippen molar-refractivity contribution in [1.29, 1.82) is 0 Å². The van der Waals surface area contributed by atoms with Crippen LogP contribution in [0.25, 0.3) is 0 Å². The van der Waals surface area contributed by atoms with Crippen LogP contribution in [-0.2, 0) is 26.2 Å². The summed E-state index contributed by atoms with van der Waals surface area (Å²) in [6.07, 6.45) is 1.68. The highest BCUT2D eigenvalue weighted by Crippen LogP contribution is 2.26. The van der Waals surface area contributed by atoms with E-state index in [0.717, 1.165) is 39.3 Å². The molecular formula is C29H33BrFN3O5S. The number of anilines is 1. The molecule has 3 rings (SSSR count). The maximum Gasteiger partial charge on any atom is 0.264 e. The number of methoxy groups -OCH3 is 1. The second kappa shape index (κ2) is 14.3. The van der Waals surface area contributed by atoms with E-state index in [1.807, 2.05) is 31.2 Å². The van der Waals surface area contributed by atoms with Crippen LogP contribution in [0.2, 0.25) is 0 Å². The van der Waals surface area contributed by atoms with Gasteiger partial charge in [0, 0.05) is 17.6 Å². The number of hydrogen-bond acceptors (Lipinski definition) is 5. The largest absolute Gasteiger partial charge is 0.497 e. The fourth-order valence-corrected chi connectivity index (χ4v) is 5.59. The van der Waals surface area contributed by atoms with Gasteiger partial charge in [0.25, 0.3) is 10.0 Å². The predicted octanol–water partition coefficient (Wildman–Crippen LogP) is 5.13. The lowest BCUT2D eigenvalue weighted by Gasteiger charge is -2.32. The van der Waals surface area contributed by atoms with Crippen LogP contribution in [0.3, 0.4) is 0 Å². The average molecular weight is 635 g/mol. The minimum atomic E-state index is -4.26. The summed E-state index contributed by atoms with van der Waals surface area (Å²) in [6, 6.07) is 17.0. The van der Waals surface area contributed by atoms with Crippen molar-refractivity contribution in [3.63, 3.8) is 0 Å². The molecule has 0 fully saturated rings. The van der Waals surface area contributed by atoms with Gasteiger partial charge < -0.3 is 15.0 Å². The van der Waals surface area contributed by atoms with Gasteiger partial charge in [0.2, 0.25) is 11.8 Å². The molecule has 40 heavy (non-hydrogen) atoms. The minimum Gasteiger partial charge on any atom is -0.497 e. The molecule has 8 nitrogen and oxygen atoms in total. The van der Waals surface area contributed by atoms with E-state index in [-0.39, 0.29) is 23.0 Å². The first-order valence-corrected chi connectivity index (χ1v) is 15.0. The van der Waals surface area contributed by atoms with Gasteiger partial charge >= 0.3 is 0 Å². The van der Waals surface area contributed by atoms with E-state index in [1.165, 1.54) is 48.4 Å². The van der Waals surface area contributed by atoms with Crippen molar-refractivity contribution in [2.24, 2.45) is 0 Å². The molecule has 3 aromatic carbocycles. The maximum absolute atomic E-state index is 13.9. The Kier molecular flexibility index (Phi) is 11.1. The molecule has 11 heteroatoms. The first kappa shape index (κ1) is 31.1. The number of hydrogen-bond donors (Lipinski definition) is 1. The van der Waals surface area contributed by atoms with Crippen molar-refractivity contribution in [3.8, 4) is 5.75 Å². The fourth-order valence-electron chi connectivity index (χ4n) is 3.92. The second-order valence-corrected chi connectivity index (χ2v) is 11.9. The molecule has 0 saturated heterocycles. The Hall–Kier alpha value is -3.44. The van der Waals surface area contributed by atoms with Gasteiger partial charge in [-0.05, 0) is 79.6 Å².